The van der Waals surface area contributed by atoms with Crippen LogP contribution in [0.4, 0.5) is 8.78 Å². The number of hydrogen-bond acceptors (Lipinski definition) is 4. The Labute approximate surface area is 143 Å². The summed E-state index contributed by atoms with van der Waals surface area (Å²) < 4.78 is 59.9. The standard InChI is InChI=1S/C16H17F2NO3S2/c17-12-5-6-15(18)16(9-12)24(20,21)19(10-13-3-1-7-22-13)11-14-4-2-8-23-14/h2,4-6,8-9,13H,1,3,7,10-11H2/t13-/m0/s1. The Hall–Kier alpha value is -1.35. The number of benzene rings is 1. The zero-order valence-electron chi connectivity index (χ0n) is 12.8. The van der Waals surface area contributed by atoms with Crippen molar-refractivity contribution in [3.8, 4) is 0 Å². The fraction of sp³-hybridized carbons (Fsp3) is 0.375. The third-order valence-corrected chi connectivity index (χ3v) is 6.54. The van der Waals surface area contributed by atoms with Crippen molar-refractivity contribution in [3.05, 3.63) is 52.2 Å². The molecule has 0 amide bonds. The summed E-state index contributed by atoms with van der Waals surface area (Å²) in [5.41, 5.74) is 0. The largest absolute Gasteiger partial charge is 0.377 e. The number of nitrogens with zero attached hydrogens (tertiary/aromatic N) is 1. The molecule has 1 aromatic heterocycles. The molecule has 8 heteroatoms. The molecule has 3 rings (SSSR count). The maximum absolute atomic E-state index is 14.0. The molecule has 0 radical (unpaired) electrons. The van der Waals surface area contributed by atoms with Crippen LogP contribution in [0.3, 0.4) is 0 Å². The second-order valence-electron chi connectivity index (χ2n) is 5.59. The van der Waals surface area contributed by atoms with Crippen molar-refractivity contribution < 1.29 is 21.9 Å². The Morgan fingerprint density at radius 1 is 1.29 bits per heavy atom. The van der Waals surface area contributed by atoms with E-state index in [1.165, 1.54) is 15.6 Å². The van der Waals surface area contributed by atoms with E-state index < -0.39 is 26.6 Å². The number of hydrogen-bond donors (Lipinski definition) is 0. The second kappa shape index (κ2) is 7.26. The predicted octanol–water partition coefficient (Wildman–Crippen LogP) is 3.40. The van der Waals surface area contributed by atoms with Crippen LogP contribution in [-0.4, -0.2) is 32.0 Å². The molecule has 1 saturated heterocycles. The molecular formula is C16H17F2NO3S2. The van der Waals surface area contributed by atoms with E-state index in [9.17, 15) is 17.2 Å². The van der Waals surface area contributed by atoms with Crippen LogP contribution in [0.2, 0.25) is 0 Å². The molecule has 1 aromatic carbocycles. The van der Waals surface area contributed by atoms with Gasteiger partial charge in [-0.2, -0.15) is 4.31 Å². The quantitative estimate of drug-likeness (QED) is 0.780. The van der Waals surface area contributed by atoms with Crippen LogP contribution in [0.1, 0.15) is 17.7 Å². The number of sulfonamides is 1. The molecule has 130 valence electrons. The molecule has 2 aromatic rings. The topological polar surface area (TPSA) is 46.6 Å². The average Bonchev–Trinajstić information content (AvgIpc) is 3.22. The lowest BCUT2D eigenvalue weighted by Crippen LogP contribution is -2.37. The van der Waals surface area contributed by atoms with E-state index in [0.29, 0.717) is 6.61 Å². The van der Waals surface area contributed by atoms with Crippen LogP contribution in [0.15, 0.2) is 40.6 Å². The highest BCUT2D eigenvalue weighted by Crippen LogP contribution is 2.25. The van der Waals surface area contributed by atoms with Gasteiger partial charge in [-0.05, 0) is 42.5 Å². The van der Waals surface area contributed by atoms with Gasteiger partial charge in [0.2, 0.25) is 10.0 Å². The summed E-state index contributed by atoms with van der Waals surface area (Å²) in [4.78, 5) is 0.186. The smallest absolute Gasteiger partial charge is 0.246 e. The SMILES string of the molecule is O=S(=O)(c1cc(F)ccc1F)N(Cc1cccs1)C[C@@H]1CCCO1. The number of thiophene rings is 1. The molecule has 0 N–H and O–H groups in total. The highest BCUT2D eigenvalue weighted by molar-refractivity contribution is 7.89. The maximum atomic E-state index is 14.0. The van der Waals surface area contributed by atoms with E-state index in [0.717, 1.165) is 35.9 Å². The molecule has 1 aliphatic rings. The third-order valence-electron chi connectivity index (χ3n) is 3.85. The van der Waals surface area contributed by atoms with E-state index in [1.54, 1.807) is 0 Å². The summed E-state index contributed by atoms with van der Waals surface area (Å²) >= 11 is 1.41. The summed E-state index contributed by atoms with van der Waals surface area (Å²) in [5, 5.41) is 1.84. The van der Waals surface area contributed by atoms with E-state index >= 15 is 0 Å². The first-order chi connectivity index (χ1) is 11.5. The Morgan fingerprint density at radius 2 is 2.12 bits per heavy atom. The number of halogens is 2. The first-order valence-electron chi connectivity index (χ1n) is 7.56. The molecule has 2 heterocycles. The van der Waals surface area contributed by atoms with Crippen molar-refractivity contribution in [2.24, 2.45) is 0 Å². The molecule has 0 aliphatic carbocycles. The number of ether oxygens (including phenoxy) is 1. The Balaban J connectivity index is 1.94. The van der Waals surface area contributed by atoms with Gasteiger partial charge in [0, 0.05) is 24.6 Å². The molecule has 4 nitrogen and oxygen atoms in total. The fourth-order valence-corrected chi connectivity index (χ4v) is 4.98. The van der Waals surface area contributed by atoms with Crippen LogP contribution >= 0.6 is 11.3 Å². The van der Waals surface area contributed by atoms with Crippen molar-refractivity contribution in [1.29, 1.82) is 0 Å². The van der Waals surface area contributed by atoms with Gasteiger partial charge in [0.1, 0.15) is 16.5 Å². The molecule has 1 aliphatic heterocycles. The molecule has 0 saturated carbocycles. The minimum absolute atomic E-state index is 0.107. The summed E-state index contributed by atoms with van der Waals surface area (Å²) in [6.07, 6.45) is 1.39. The highest BCUT2D eigenvalue weighted by Gasteiger charge is 2.31. The maximum Gasteiger partial charge on any atom is 0.246 e. The lowest BCUT2D eigenvalue weighted by atomic mass is 10.2. The van der Waals surface area contributed by atoms with Crippen molar-refractivity contribution in [2.45, 2.75) is 30.4 Å². The van der Waals surface area contributed by atoms with Crippen LogP contribution in [0.5, 0.6) is 0 Å². The van der Waals surface area contributed by atoms with E-state index in [1.807, 2.05) is 17.5 Å². The van der Waals surface area contributed by atoms with Gasteiger partial charge >= 0.3 is 0 Å². The Bertz CT molecular complexity index is 788. The monoisotopic (exact) mass is 373 g/mol. The van der Waals surface area contributed by atoms with Crippen molar-refractivity contribution in [1.82, 2.24) is 4.31 Å². The molecule has 24 heavy (non-hydrogen) atoms. The van der Waals surface area contributed by atoms with Gasteiger partial charge in [0.15, 0.2) is 0 Å². The van der Waals surface area contributed by atoms with Crippen molar-refractivity contribution >= 4 is 21.4 Å². The zero-order valence-corrected chi connectivity index (χ0v) is 14.5. The molecule has 1 atom stereocenters. The molecule has 0 bridgehead atoms. The third kappa shape index (κ3) is 3.83. The van der Waals surface area contributed by atoms with E-state index in [4.69, 9.17) is 4.74 Å². The van der Waals surface area contributed by atoms with E-state index in [2.05, 4.69) is 0 Å². The summed E-state index contributed by atoms with van der Waals surface area (Å²) in [6.45, 7) is 0.817. The predicted molar refractivity (Wildman–Crippen MR) is 87.2 cm³/mol. The van der Waals surface area contributed by atoms with Crippen LogP contribution in [0.25, 0.3) is 0 Å². The van der Waals surface area contributed by atoms with Gasteiger partial charge < -0.3 is 4.74 Å². The van der Waals surface area contributed by atoms with Gasteiger partial charge in [-0.25, -0.2) is 17.2 Å². The Kier molecular flexibility index (Phi) is 5.29. The lowest BCUT2D eigenvalue weighted by molar-refractivity contribution is 0.0927. The summed E-state index contributed by atoms with van der Waals surface area (Å²) in [6, 6.07) is 6.08. The van der Waals surface area contributed by atoms with Gasteiger partial charge in [-0.1, -0.05) is 6.07 Å². The molecular weight excluding hydrogens is 356 g/mol. The van der Waals surface area contributed by atoms with Crippen molar-refractivity contribution in [3.63, 3.8) is 0 Å². The van der Waals surface area contributed by atoms with Gasteiger partial charge in [-0.15, -0.1) is 11.3 Å². The minimum atomic E-state index is -4.17. The summed E-state index contributed by atoms with van der Waals surface area (Å²) in [7, 11) is -4.17. The first-order valence-corrected chi connectivity index (χ1v) is 9.88. The molecule has 0 unspecified atom stereocenters. The summed E-state index contributed by atoms with van der Waals surface area (Å²) in [5.74, 6) is -1.75. The normalized spacial score (nSPS) is 18.4. The van der Waals surface area contributed by atoms with Gasteiger partial charge in [-0.3, -0.25) is 0 Å². The lowest BCUT2D eigenvalue weighted by Gasteiger charge is -2.24. The van der Waals surface area contributed by atoms with Gasteiger partial charge in [0.05, 0.1) is 6.10 Å². The van der Waals surface area contributed by atoms with Gasteiger partial charge in [0.25, 0.3) is 0 Å². The highest BCUT2D eigenvalue weighted by atomic mass is 32.2. The minimum Gasteiger partial charge on any atom is -0.377 e. The average molecular weight is 373 g/mol. The van der Waals surface area contributed by atoms with Crippen LogP contribution < -0.4 is 0 Å². The van der Waals surface area contributed by atoms with Crippen LogP contribution in [-0.2, 0) is 21.3 Å². The second-order valence-corrected chi connectivity index (χ2v) is 8.53. The van der Waals surface area contributed by atoms with Crippen LogP contribution in [0, 0.1) is 11.6 Å². The zero-order chi connectivity index (χ0) is 17.2. The molecule has 0 spiro atoms. The fourth-order valence-electron chi connectivity index (χ4n) is 2.65. The first kappa shape index (κ1) is 17.5. The van der Waals surface area contributed by atoms with E-state index in [-0.39, 0.29) is 19.2 Å². The van der Waals surface area contributed by atoms with Crippen molar-refractivity contribution in [2.75, 3.05) is 13.2 Å². The molecule has 1 fully saturated rings. The Morgan fingerprint density at radius 3 is 2.79 bits per heavy atom. The number of rotatable bonds is 6.